The largest absolute Gasteiger partial charge is 0.0843 e. The maximum Gasteiger partial charge on any atom is 0.0412 e. The molecule has 0 unspecified atom stereocenters. The Hall–Kier alpha value is -3.09. The molecule has 5 rings (SSSR count). The zero-order chi connectivity index (χ0) is 18.2. The van der Waals surface area contributed by atoms with Crippen LogP contribution >= 0.6 is 11.6 Å². The van der Waals surface area contributed by atoms with Gasteiger partial charge in [-0.05, 0) is 74.1 Å². The van der Waals surface area contributed by atoms with Gasteiger partial charge in [0.25, 0.3) is 0 Å². The van der Waals surface area contributed by atoms with E-state index in [1.165, 1.54) is 43.8 Å². The van der Waals surface area contributed by atoms with Crippen molar-refractivity contribution in [3.8, 4) is 22.3 Å². The number of rotatable bonds is 2. The van der Waals surface area contributed by atoms with Crippen LogP contribution in [0.3, 0.4) is 0 Å². The highest BCUT2D eigenvalue weighted by Crippen LogP contribution is 2.30. The van der Waals surface area contributed by atoms with Crippen molar-refractivity contribution in [3.63, 3.8) is 0 Å². The fourth-order valence-corrected chi connectivity index (χ4v) is 3.81. The standard InChI is InChI=1S/C26H17Cl/c27-26-13-12-24-16-23(10-11-25(24)17-26)22-9-8-20-14-19(6-7-21(20)15-22)18-4-2-1-3-5-18/h1-17H. The molecule has 0 nitrogen and oxygen atoms in total. The van der Waals surface area contributed by atoms with Gasteiger partial charge in [0.15, 0.2) is 0 Å². The fraction of sp³-hybridized carbons (Fsp3) is 0. The van der Waals surface area contributed by atoms with Gasteiger partial charge in [-0.15, -0.1) is 0 Å². The van der Waals surface area contributed by atoms with Crippen LogP contribution < -0.4 is 0 Å². The van der Waals surface area contributed by atoms with E-state index < -0.39 is 0 Å². The Bertz CT molecular complexity index is 1270. The molecule has 0 bridgehead atoms. The first-order valence-corrected chi connectivity index (χ1v) is 9.43. The van der Waals surface area contributed by atoms with Crippen molar-refractivity contribution < 1.29 is 0 Å². The first-order valence-electron chi connectivity index (χ1n) is 9.05. The third kappa shape index (κ3) is 3.09. The van der Waals surface area contributed by atoms with Gasteiger partial charge in [-0.25, -0.2) is 0 Å². The molecule has 0 aliphatic carbocycles. The molecule has 128 valence electrons. The van der Waals surface area contributed by atoms with Crippen molar-refractivity contribution in [2.75, 3.05) is 0 Å². The molecule has 0 atom stereocenters. The van der Waals surface area contributed by atoms with E-state index in [4.69, 9.17) is 11.6 Å². The number of hydrogen-bond donors (Lipinski definition) is 0. The molecule has 0 fully saturated rings. The van der Waals surface area contributed by atoms with E-state index in [-0.39, 0.29) is 0 Å². The Morgan fingerprint density at radius 1 is 0.370 bits per heavy atom. The Morgan fingerprint density at radius 2 is 0.815 bits per heavy atom. The molecule has 27 heavy (non-hydrogen) atoms. The smallest absolute Gasteiger partial charge is 0.0412 e. The fourth-order valence-electron chi connectivity index (χ4n) is 3.63. The molecule has 0 aliphatic rings. The van der Waals surface area contributed by atoms with Crippen LogP contribution in [0, 0.1) is 0 Å². The van der Waals surface area contributed by atoms with E-state index in [0.29, 0.717) is 0 Å². The lowest BCUT2D eigenvalue weighted by Crippen LogP contribution is -1.82. The summed E-state index contributed by atoms with van der Waals surface area (Å²) in [5.74, 6) is 0. The van der Waals surface area contributed by atoms with Crippen LogP contribution in [0.4, 0.5) is 0 Å². The molecular formula is C26H17Cl. The van der Waals surface area contributed by atoms with Crippen molar-refractivity contribution in [3.05, 3.63) is 108 Å². The highest BCUT2D eigenvalue weighted by Gasteiger charge is 2.04. The molecule has 0 spiro atoms. The molecule has 0 heterocycles. The zero-order valence-corrected chi connectivity index (χ0v) is 15.4. The minimum atomic E-state index is 0.773. The van der Waals surface area contributed by atoms with Crippen molar-refractivity contribution in [2.24, 2.45) is 0 Å². The van der Waals surface area contributed by atoms with Crippen LogP contribution in [-0.4, -0.2) is 0 Å². The van der Waals surface area contributed by atoms with Crippen LogP contribution in [0.1, 0.15) is 0 Å². The highest BCUT2D eigenvalue weighted by atomic mass is 35.5. The monoisotopic (exact) mass is 364 g/mol. The number of hydrogen-bond acceptors (Lipinski definition) is 0. The maximum absolute atomic E-state index is 6.10. The van der Waals surface area contributed by atoms with Crippen molar-refractivity contribution in [1.29, 1.82) is 0 Å². The second-order valence-corrected chi connectivity index (χ2v) is 7.29. The van der Waals surface area contributed by atoms with Gasteiger partial charge < -0.3 is 0 Å². The molecule has 1 heteroatoms. The SMILES string of the molecule is Clc1ccc2cc(-c3ccc4cc(-c5ccccc5)ccc4c3)ccc2c1. The van der Waals surface area contributed by atoms with E-state index in [0.717, 1.165) is 5.02 Å². The summed E-state index contributed by atoms with van der Waals surface area (Å²) in [6.45, 7) is 0. The summed E-state index contributed by atoms with van der Waals surface area (Å²) in [6.07, 6.45) is 0. The predicted octanol–water partition coefficient (Wildman–Crippen LogP) is 7.98. The molecule has 0 aromatic heterocycles. The second-order valence-electron chi connectivity index (χ2n) is 6.85. The lowest BCUT2D eigenvalue weighted by Gasteiger charge is -2.08. The van der Waals surface area contributed by atoms with Gasteiger partial charge in [0.05, 0.1) is 0 Å². The van der Waals surface area contributed by atoms with Crippen molar-refractivity contribution >= 4 is 33.1 Å². The lowest BCUT2D eigenvalue weighted by atomic mass is 9.96. The van der Waals surface area contributed by atoms with Crippen molar-refractivity contribution in [2.45, 2.75) is 0 Å². The van der Waals surface area contributed by atoms with E-state index in [2.05, 4.69) is 84.9 Å². The van der Waals surface area contributed by atoms with Crippen LogP contribution in [-0.2, 0) is 0 Å². The Labute approximate surface area is 163 Å². The van der Waals surface area contributed by atoms with Gasteiger partial charge in [-0.2, -0.15) is 0 Å². The summed E-state index contributed by atoms with van der Waals surface area (Å²) < 4.78 is 0. The summed E-state index contributed by atoms with van der Waals surface area (Å²) in [5, 5.41) is 5.65. The topological polar surface area (TPSA) is 0 Å². The number of fused-ring (bicyclic) bond motifs is 2. The molecule has 0 N–H and O–H groups in total. The third-order valence-corrected chi connectivity index (χ3v) is 5.32. The van der Waals surface area contributed by atoms with E-state index in [1.54, 1.807) is 0 Å². The maximum atomic E-state index is 6.10. The lowest BCUT2D eigenvalue weighted by molar-refractivity contribution is 1.63. The summed E-state index contributed by atoms with van der Waals surface area (Å²) in [7, 11) is 0. The molecule has 5 aromatic rings. The number of halogens is 1. The summed E-state index contributed by atoms with van der Waals surface area (Å²) >= 11 is 6.10. The second kappa shape index (κ2) is 6.57. The minimum Gasteiger partial charge on any atom is -0.0843 e. The van der Waals surface area contributed by atoms with Crippen LogP contribution in [0.15, 0.2) is 103 Å². The average molecular weight is 365 g/mol. The first-order chi connectivity index (χ1) is 13.3. The first kappa shape index (κ1) is 16.1. The van der Waals surface area contributed by atoms with Gasteiger partial charge in [-0.3, -0.25) is 0 Å². The Morgan fingerprint density at radius 3 is 1.37 bits per heavy atom. The summed E-state index contributed by atoms with van der Waals surface area (Å²) in [6, 6.07) is 36.4. The van der Waals surface area contributed by atoms with Gasteiger partial charge in [0.1, 0.15) is 0 Å². The normalized spacial score (nSPS) is 11.1. The number of benzene rings is 5. The van der Waals surface area contributed by atoms with Crippen LogP contribution in [0.25, 0.3) is 43.8 Å². The molecule has 0 saturated carbocycles. The highest BCUT2D eigenvalue weighted by molar-refractivity contribution is 6.31. The molecule has 0 saturated heterocycles. The zero-order valence-electron chi connectivity index (χ0n) is 14.7. The molecule has 0 aliphatic heterocycles. The average Bonchev–Trinajstić information content (AvgIpc) is 2.73. The van der Waals surface area contributed by atoms with Crippen molar-refractivity contribution in [1.82, 2.24) is 0 Å². The summed E-state index contributed by atoms with van der Waals surface area (Å²) in [4.78, 5) is 0. The molecular weight excluding hydrogens is 348 g/mol. The van der Waals surface area contributed by atoms with Gasteiger partial charge >= 0.3 is 0 Å². The van der Waals surface area contributed by atoms with E-state index >= 15 is 0 Å². The third-order valence-electron chi connectivity index (χ3n) is 5.08. The molecule has 0 amide bonds. The van der Waals surface area contributed by atoms with Crippen LogP contribution in [0.2, 0.25) is 5.02 Å². The van der Waals surface area contributed by atoms with Gasteiger partial charge in [-0.1, -0.05) is 84.4 Å². The Kier molecular flexibility index (Phi) is 3.92. The van der Waals surface area contributed by atoms with E-state index in [1.807, 2.05) is 18.2 Å². The van der Waals surface area contributed by atoms with Gasteiger partial charge in [0, 0.05) is 5.02 Å². The van der Waals surface area contributed by atoms with E-state index in [9.17, 15) is 0 Å². The van der Waals surface area contributed by atoms with Gasteiger partial charge in [0.2, 0.25) is 0 Å². The Balaban J connectivity index is 1.57. The quantitative estimate of drug-likeness (QED) is 0.298. The van der Waals surface area contributed by atoms with Crippen LogP contribution in [0.5, 0.6) is 0 Å². The predicted molar refractivity (Wildman–Crippen MR) is 117 cm³/mol. The summed E-state index contributed by atoms with van der Waals surface area (Å²) in [5.41, 5.74) is 4.95. The minimum absolute atomic E-state index is 0.773. The molecule has 5 aromatic carbocycles. The molecule has 0 radical (unpaired) electrons.